The van der Waals surface area contributed by atoms with Crippen LogP contribution in [0.5, 0.6) is 0 Å². The molecular formula is C21H33NO6. The molecule has 7 heteroatoms. The second-order valence-electron chi connectivity index (χ2n) is 9.32. The molecule has 0 aromatic heterocycles. The number of rotatable bonds is 1. The highest BCUT2D eigenvalue weighted by Gasteiger charge is 2.60. The third kappa shape index (κ3) is 3.66. The minimum Gasteiger partial charge on any atom is -0.446 e. The highest BCUT2D eigenvalue weighted by Crippen LogP contribution is 2.54. The van der Waals surface area contributed by atoms with Crippen molar-refractivity contribution < 1.29 is 28.8 Å². The molecule has 0 N–H and O–H groups in total. The molecule has 6 fully saturated rings. The lowest BCUT2D eigenvalue weighted by Crippen LogP contribution is -2.49. The minimum absolute atomic E-state index is 0.186. The number of nitrogens with zero attached hydrogens (tertiary/aromatic N) is 1. The van der Waals surface area contributed by atoms with Crippen molar-refractivity contribution in [3.05, 3.63) is 0 Å². The predicted octanol–water partition coefficient (Wildman–Crippen LogP) is 3.76. The maximum Gasteiger partial charge on any atom is 0.410 e. The Morgan fingerprint density at radius 3 is 2.68 bits per heavy atom. The molecule has 6 aliphatic rings. The van der Waals surface area contributed by atoms with E-state index in [9.17, 15) is 4.79 Å². The summed E-state index contributed by atoms with van der Waals surface area (Å²) >= 11 is 0. The van der Waals surface area contributed by atoms with Crippen LogP contribution in [0.15, 0.2) is 0 Å². The summed E-state index contributed by atoms with van der Waals surface area (Å²) in [5.74, 6) is -0.249. The Morgan fingerprint density at radius 1 is 0.929 bits per heavy atom. The van der Waals surface area contributed by atoms with E-state index in [1.807, 2.05) is 0 Å². The van der Waals surface area contributed by atoms with E-state index >= 15 is 0 Å². The van der Waals surface area contributed by atoms with Gasteiger partial charge in [0.25, 0.3) is 0 Å². The van der Waals surface area contributed by atoms with E-state index in [1.54, 1.807) is 4.90 Å². The molecule has 7 nitrogen and oxygen atoms in total. The van der Waals surface area contributed by atoms with Gasteiger partial charge in [0.15, 0.2) is 0 Å². The molecule has 1 amide bonds. The number of morpholine rings is 1. The van der Waals surface area contributed by atoms with Crippen LogP contribution in [-0.2, 0) is 24.0 Å². The average Bonchev–Trinajstić information content (AvgIpc) is 3.02. The molecule has 0 aromatic rings. The predicted molar refractivity (Wildman–Crippen MR) is 99.1 cm³/mol. The topological polar surface area (TPSA) is 66.5 Å². The molecule has 28 heavy (non-hydrogen) atoms. The highest BCUT2D eigenvalue weighted by molar-refractivity contribution is 5.67. The summed E-state index contributed by atoms with van der Waals surface area (Å²) < 4.78 is 17.8. The fourth-order valence-corrected chi connectivity index (χ4v) is 5.87. The smallest absolute Gasteiger partial charge is 0.410 e. The molecule has 2 heterocycles. The van der Waals surface area contributed by atoms with Crippen LogP contribution in [0.25, 0.3) is 0 Å². The van der Waals surface area contributed by atoms with Crippen molar-refractivity contribution in [2.75, 3.05) is 26.3 Å². The van der Waals surface area contributed by atoms with E-state index in [4.69, 9.17) is 24.0 Å². The van der Waals surface area contributed by atoms with Gasteiger partial charge in [-0.05, 0) is 38.0 Å². The van der Waals surface area contributed by atoms with Crippen molar-refractivity contribution in [2.45, 2.75) is 88.3 Å². The monoisotopic (exact) mass is 395 g/mol. The zero-order valence-corrected chi connectivity index (χ0v) is 16.7. The van der Waals surface area contributed by atoms with E-state index in [-0.39, 0.29) is 12.2 Å². The molecular weight excluding hydrogens is 362 g/mol. The van der Waals surface area contributed by atoms with Gasteiger partial charge in [0.05, 0.1) is 13.2 Å². The quantitative estimate of drug-likeness (QED) is 0.630. The third-order valence-electron chi connectivity index (χ3n) is 7.39. The second-order valence-corrected chi connectivity index (χ2v) is 9.32. The first kappa shape index (κ1) is 19.1. The fraction of sp³-hybridized carbons (Fsp3) is 0.952. The number of amides is 1. The standard InChI is InChI=1S/C21H33NO6/c23-19(22-10-12-24-13-11-22)25-18-6-3-9-20(15-18)26-21(28-27-20)14-16-4-1-2-5-17(21)8-7-16/h16-18H,1-15H2. The fourth-order valence-electron chi connectivity index (χ4n) is 5.87. The zero-order chi connectivity index (χ0) is 19.0. The summed E-state index contributed by atoms with van der Waals surface area (Å²) in [5.41, 5.74) is 0. The molecule has 2 saturated heterocycles. The van der Waals surface area contributed by atoms with Crippen molar-refractivity contribution in [1.29, 1.82) is 0 Å². The van der Waals surface area contributed by atoms with E-state index in [2.05, 4.69) is 0 Å². The van der Waals surface area contributed by atoms with Crippen molar-refractivity contribution in [1.82, 2.24) is 4.90 Å². The van der Waals surface area contributed by atoms with Crippen molar-refractivity contribution in [3.63, 3.8) is 0 Å². The molecule has 4 aliphatic carbocycles. The Kier molecular flexibility index (Phi) is 5.28. The molecule has 2 aliphatic heterocycles. The maximum absolute atomic E-state index is 12.5. The first-order valence-electron chi connectivity index (χ1n) is 11.3. The van der Waals surface area contributed by atoms with Crippen LogP contribution in [0.1, 0.15) is 70.6 Å². The molecule has 2 spiro atoms. The largest absolute Gasteiger partial charge is 0.446 e. The molecule has 5 atom stereocenters. The lowest BCUT2D eigenvalue weighted by Gasteiger charge is -2.44. The number of ether oxygens (including phenoxy) is 3. The Morgan fingerprint density at radius 2 is 1.79 bits per heavy atom. The number of hydrogen-bond donors (Lipinski definition) is 0. The lowest BCUT2D eigenvalue weighted by atomic mass is 9.71. The molecule has 0 radical (unpaired) electrons. The number of fused-ring (bicyclic) bond motifs is 4. The van der Waals surface area contributed by atoms with Gasteiger partial charge in [0.2, 0.25) is 11.6 Å². The summed E-state index contributed by atoms with van der Waals surface area (Å²) in [6, 6.07) is 0. The van der Waals surface area contributed by atoms with E-state index < -0.39 is 11.6 Å². The van der Waals surface area contributed by atoms with E-state index in [0.717, 1.165) is 32.1 Å². The van der Waals surface area contributed by atoms with Crippen LogP contribution in [-0.4, -0.2) is 55.0 Å². The Balaban J connectivity index is 1.24. The number of carbonyl (C=O) groups excluding carboxylic acids is 1. The van der Waals surface area contributed by atoms with E-state index in [1.165, 1.54) is 32.1 Å². The molecule has 158 valence electrons. The van der Waals surface area contributed by atoms with Gasteiger partial charge in [-0.15, -0.1) is 0 Å². The second kappa shape index (κ2) is 7.74. The maximum atomic E-state index is 12.5. The van der Waals surface area contributed by atoms with Gasteiger partial charge in [-0.3, -0.25) is 0 Å². The van der Waals surface area contributed by atoms with Gasteiger partial charge >= 0.3 is 6.09 Å². The molecule has 5 unspecified atom stereocenters. The van der Waals surface area contributed by atoms with Gasteiger partial charge in [-0.25, -0.2) is 4.79 Å². The van der Waals surface area contributed by atoms with Crippen LogP contribution >= 0.6 is 0 Å². The highest BCUT2D eigenvalue weighted by atomic mass is 17.3. The number of carbonyl (C=O) groups is 1. The first-order chi connectivity index (χ1) is 13.7. The van der Waals surface area contributed by atoms with Gasteiger partial charge in [0, 0.05) is 38.3 Å². The molecule has 0 aromatic carbocycles. The Bertz CT molecular complexity index is 577. The summed E-state index contributed by atoms with van der Waals surface area (Å²) in [4.78, 5) is 26.2. The van der Waals surface area contributed by atoms with Crippen molar-refractivity contribution in [3.8, 4) is 0 Å². The van der Waals surface area contributed by atoms with Gasteiger partial charge in [0.1, 0.15) is 6.10 Å². The third-order valence-corrected chi connectivity index (χ3v) is 7.39. The normalized spacial score (nSPS) is 43.9. The molecule has 4 saturated carbocycles. The van der Waals surface area contributed by atoms with Crippen LogP contribution in [0, 0.1) is 11.8 Å². The summed E-state index contributed by atoms with van der Waals surface area (Å²) in [6.07, 6.45) is 11.1. The lowest BCUT2D eigenvalue weighted by molar-refractivity contribution is -0.371. The Labute approximate surface area is 166 Å². The molecule has 2 bridgehead atoms. The summed E-state index contributed by atoms with van der Waals surface area (Å²) in [6.45, 7) is 2.35. The van der Waals surface area contributed by atoms with Crippen molar-refractivity contribution in [2.24, 2.45) is 11.8 Å². The van der Waals surface area contributed by atoms with Crippen LogP contribution in [0.2, 0.25) is 0 Å². The molecule has 6 rings (SSSR count). The average molecular weight is 395 g/mol. The first-order valence-corrected chi connectivity index (χ1v) is 11.3. The zero-order valence-electron chi connectivity index (χ0n) is 16.7. The van der Waals surface area contributed by atoms with Crippen LogP contribution in [0.4, 0.5) is 4.79 Å². The summed E-state index contributed by atoms with van der Waals surface area (Å²) in [7, 11) is 0. The van der Waals surface area contributed by atoms with Crippen molar-refractivity contribution >= 4 is 6.09 Å². The van der Waals surface area contributed by atoms with Gasteiger partial charge in [-0.2, -0.15) is 9.78 Å². The van der Waals surface area contributed by atoms with Crippen LogP contribution < -0.4 is 0 Å². The number of hydrogen-bond acceptors (Lipinski definition) is 6. The van der Waals surface area contributed by atoms with Gasteiger partial charge < -0.3 is 19.1 Å². The van der Waals surface area contributed by atoms with E-state index in [0.29, 0.717) is 44.6 Å². The SMILES string of the molecule is O=C(OC1CCCC2(C1)OOC1(CC3CCCCC1CC3)O2)N1CCOCC1. The summed E-state index contributed by atoms with van der Waals surface area (Å²) in [5, 5.41) is 0. The minimum atomic E-state index is -0.756. The Hall–Kier alpha value is -0.890. The van der Waals surface area contributed by atoms with Crippen LogP contribution in [0.3, 0.4) is 0 Å². The van der Waals surface area contributed by atoms with Gasteiger partial charge in [-0.1, -0.05) is 19.3 Å².